The average Bonchev–Trinajstić information content (AvgIpc) is 2.70. The third-order valence-corrected chi connectivity index (χ3v) is 4.02. The largest absolute Gasteiger partial charge is 0.493 e. The van der Waals surface area contributed by atoms with E-state index in [-0.39, 0.29) is 24.0 Å². The Morgan fingerprint density at radius 1 is 0.893 bits per heavy atom. The first-order valence-corrected chi connectivity index (χ1v) is 8.56. The molecule has 0 aliphatic rings. The van der Waals surface area contributed by atoms with Gasteiger partial charge in [0.2, 0.25) is 5.91 Å². The van der Waals surface area contributed by atoms with E-state index in [1.165, 1.54) is 13.2 Å². The second kappa shape index (κ2) is 10.3. The van der Waals surface area contributed by atoms with Crippen LogP contribution in [0.5, 0.6) is 23.0 Å². The van der Waals surface area contributed by atoms with Gasteiger partial charge in [0.25, 0.3) is 0 Å². The Labute approximate surface area is 162 Å². The average molecular weight is 395 g/mol. The summed E-state index contributed by atoms with van der Waals surface area (Å²) in [5.41, 5.74) is 1.65. The lowest BCUT2D eigenvalue weighted by atomic mass is 10.1. The molecule has 0 aliphatic heterocycles. The molecule has 0 aromatic heterocycles. The summed E-state index contributed by atoms with van der Waals surface area (Å²) in [7, 11) is 4.48. The lowest BCUT2D eigenvalue weighted by Crippen LogP contribution is -2.23. The summed E-state index contributed by atoms with van der Waals surface area (Å²) in [6.45, 7) is -2.69. The molecule has 6 nitrogen and oxygen atoms in total. The summed E-state index contributed by atoms with van der Waals surface area (Å²) >= 11 is 0. The number of hydrogen-bond acceptors (Lipinski definition) is 5. The molecule has 0 heterocycles. The van der Waals surface area contributed by atoms with E-state index < -0.39 is 6.61 Å². The maximum absolute atomic E-state index is 12.4. The first-order valence-electron chi connectivity index (χ1n) is 8.56. The third-order valence-electron chi connectivity index (χ3n) is 4.02. The minimum atomic E-state index is -2.93. The fourth-order valence-corrected chi connectivity index (χ4v) is 2.60. The van der Waals surface area contributed by atoms with E-state index in [9.17, 15) is 13.6 Å². The summed E-state index contributed by atoms with van der Waals surface area (Å²) in [4.78, 5) is 12.1. The fraction of sp³-hybridized carbons (Fsp3) is 0.350. The van der Waals surface area contributed by atoms with E-state index in [0.717, 1.165) is 5.56 Å². The maximum Gasteiger partial charge on any atom is 0.387 e. The summed E-state index contributed by atoms with van der Waals surface area (Å²) in [5, 5.41) is 2.79. The first-order chi connectivity index (χ1) is 13.5. The molecule has 0 saturated carbocycles. The quantitative estimate of drug-likeness (QED) is 0.666. The molecule has 8 heteroatoms. The van der Waals surface area contributed by atoms with Crippen LogP contribution in [0.2, 0.25) is 0 Å². The van der Waals surface area contributed by atoms with E-state index in [1.54, 1.807) is 32.4 Å². The van der Waals surface area contributed by atoms with Crippen molar-refractivity contribution >= 4 is 5.91 Å². The van der Waals surface area contributed by atoms with Gasteiger partial charge in [-0.25, -0.2) is 0 Å². The maximum atomic E-state index is 12.4. The highest BCUT2D eigenvalue weighted by Crippen LogP contribution is 2.30. The summed E-state index contributed by atoms with van der Waals surface area (Å²) < 4.78 is 44.6. The molecule has 1 N–H and O–H groups in total. The number of alkyl halides is 2. The first kappa shape index (κ1) is 21.3. The second-order valence-corrected chi connectivity index (χ2v) is 5.83. The number of rotatable bonds is 10. The van der Waals surface area contributed by atoms with E-state index in [1.807, 2.05) is 12.1 Å². The predicted octanol–water partition coefficient (Wildman–Crippen LogP) is 3.56. The van der Waals surface area contributed by atoms with E-state index in [0.29, 0.717) is 29.9 Å². The Balaban J connectivity index is 1.88. The zero-order valence-electron chi connectivity index (χ0n) is 16.0. The van der Waals surface area contributed by atoms with Crippen molar-refractivity contribution in [1.29, 1.82) is 0 Å². The number of ether oxygens (including phenoxy) is 4. The van der Waals surface area contributed by atoms with Crippen LogP contribution in [-0.2, 0) is 17.8 Å². The number of benzene rings is 2. The van der Waals surface area contributed by atoms with Crippen LogP contribution < -0.4 is 24.3 Å². The molecule has 0 unspecified atom stereocenters. The smallest absolute Gasteiger partial charge is 0.387 e. The van der Waals surface area contributed by atoms with Crippen molar-refractivity contribution in [2.45, 2.75) is 26.0 Å². The number of nitrogens with one attached hydrogen (secondary N) is 1. The van der Waals surface area contributed by atoms with Crippen LogP contribution in [0.3, 0.4) is 0 Å². The van der Waals surface area contributed by atoms with Gasteiger partial charge in [-0.2, -0.15) is 8.78 Å². The monoisotopic (exact) mass is 395 g/mol. The number of amides is 1. The van der Waals surface area contributed by atoms with Gasteiger partial charge in [-0.15, -0.1) is 0 Å². The predicted molar refractivity (Wildman–Crippen MR) is 99.3 cm³/mol. The highest BCUT2D eigenvalue weighted by atomic mass is 19.3. The van der Waals surface area contributed by atoms with E-state index >= 15 is 0 Å². The van der Waals surface area contributed by atoms with Gasteiger partial charge in [0.15, 0.2) is 23.0 Å². The molecule has 0 fully saturated rings. The topological polar surface area (TPSA) is 66.0 Å². The molecule has 28 heavy (non-hydrogen) atoms. The van der Waals surface area contributed by atoms with Crippen LogP contribution in [0.4, 0.5) is 8.78 Å². The van der Waals surface area contributed by atoms with Crippen LogP contribution in [0.25, 0.3) is 0 Å². The van der Waals surface area contributed by atoms with Crippen molar-refractivity contribution in [2.75, 3.05) is 21.3 Å². The molecule has 0 radical (unpaired) electrons. The highest BCUT2D eigenvalue weighted by Gasteiger charge is 2.12. The van der Waals surface area contributed by atoms with E-state index in [4.69, 9.17) is 14.2 Å². The van der Waals surface area contributed by atoms with Crippen LogP contribution >= 0.6 is 0 Å². The molecule has 0 aliphatic carbocycles. The Bertz CT molecular complexity index is 798. The Kier molecular flexibility index (Phi) is 7.86. The number of hydrogen-bond donors (Lipinski definition) is 1. The Hall–Kier alpha value is -3.03. The fourth-order valence-electron chi connectivity index (χ4n) is 2.60. The molecule has 2 aromatic carbocycles. The molecular weight excluding hydrogens is 372 g/mol. The third kappa shape index (κ3) is 6.00. The minimum absolute atomic E-state index is 0.0546. The van der Waals surface area contributed by atoms with Gasteiger partial charge in [-0.3, -0.25) is 4.79 Å². The van der Waals surface area contributed by atoms with Gasteiger partial charge in [0, 0.05) is 13.0 Å². The molecule has 0 spiro atoms. The minimum Gasteiger partial charge on any atom is -0.493 e. The molecular formula is C20H23F2NO5. The lowest BCUT2D eigenvalue weighted by molar-refractivity contribution is -0.121. The highest BCUT2D eigenvalue weighted by molar-refractivity contribution is 5.76. The van der Waals surface area contributed by atoms with Crippen LogP contribution in [0.15, 0.2) is 36.4 Å². The van der Waals surface area contributed by atoms with E-state index in [2.05, 4.69) is 10.1 Å². The van der Waals surface area contributed by atoms with Gasteiger partial charge < -0.3 is 24.3 Å². The van der Waals surface area contributed by atoms with Crippen molar-refractivity contribution in [3.8, 4) is 23.0 Å². The SMILES string of the molecule is COc1ccc(CCC(=O)NCc2ccc(OC(F)F)c(OC)c2)cc1OC. The van der Waals surface area contributed by atoms with Crippen molar-refractivity contribution in [2.24, 2.45) is 0 Å². The van der Waals surface area contributed by atoms with Gasteiger partial charge in [0.1, 0.15) is 0 Å². The summed E-state index contributed by atoms with van der Waals surface area (Å²) in [5.74, 6) is 1.22. The van der Waals surface area contributed by atoms with Crippen molar-refractivity contribution in [1.82, 2.24) is 5.32 Å². The number of halogens is 2. The lowest BCUT2D eigenvalue weighted by Gasteiger charge is -2.12. The second-order valence-electron chi connectivity index (χ2n) is 5.83. The Morgan fingerprint density at radius 2 is 1.46 bits per heavy atom. The molecule has 1 amide bonds. The molecule has 0 bridgehead atoms. The number of carbonyl (C=O) groups excluding carboxylic acids is 1. The molecule has 2 aromatic rings. The Morgan fingerprint density at radius 3 is 2.11 bits per heavy atom. The standard InChI is InChI=1S/C20H23F2NO5/c1-25-15-7-4-13(10-17(15)26-2)6-9-19(24)23-12-14-5-8-16(28-20(21)22)18(11-14)27-3/h4-5,7-8,10-11,20H,6,9,12H2,1-3H3,(H,23,24). The van der Waals surface area contributed by atoms with Crippen LogP contribution in [0.1, 0.15) is 17.5 Å². The van der Waals surface area contributed by atoms with Gasteiger partial charge in [-0.1, -0.05) is 12.1 Å². The van der Waals surface area contributed by atoms with Crippen LogP contribution in [-0.4, -0.2) is 33.8 Å². The molecule has 0 saturated heterocycles. The van der Waals surface area contributed by atoms with Crippen LogP contribution in [0, 0.1) is 0 Å². The number of aryl methyl sites for hydroxylation is 1. The molecule has 152 valence electrons. The zero-order chi connectivity index (χ0) is 20.5. The summed E-state index contributed by atoms with van der Waals surface area (Å²) in [6.07, 6.45) is 0.829. The van der Waals surface area contributed by atoms with Crippen molar-refractivity contribution in [3.05, 3.63) is 47.5 Å². The van der Waals surface area contributed by atoms with Crippen molar-refractivity contribution < 1.29 is 32.5 Å². The van der Waals surface area contributed by atoms with Gasteiger partial charge >= 0.3 is 6.61 Å². The molecule has 2 rings (SSSR count). The van der Waals surface area contributed by atoms with Gasteiger partial charge in [0.05, 0.1) is 21.3 Å². The summed E-state index contributed by atoms with van der Waals surface area (Å²) in [6, 6.07) is 10.0. The molecule has 0 atom stereocenters. The number of methoxy groups -OCH3 is 3. The zero-order valence-corrected chi connectivity index (χ0v) is 16.0. The number of carbonyl (C=O) groups is 1. The van der Waals surface area contributed by atoms with Gasteiger partial charge in [-0.05, 0) is 41.8 Å². The normalized spacial score (nSPS) is 10.5. The van der Waals surface area contributed by atoms with Crippen molar-refractivity contribution in [3.63, 3.8) is 0 Å².